The molecule has 4 nitrogen and oxygen atoms in total. The Hall–Kier alpha value is -2.56. The van der Waals surface area contributed by atoms with Crippen LogP contribution in [0.4, 0.5) is 5.88 Å². The van der Waals surface area contributed by atoms with Gasteiger partial charge in [0.2, 0.25) is 5.71 Å². The first-order valence-electron chi connectivity index (χ1n) is 8.64. The molecule has 0 spiro atoms. The van der Waals surface area contributed by atoms with Crippen LogP contribution in [0.3, 0.4) is 0 Å². The summed E-state index contributed by atoms with van der Waals surface area (Å²) in [6.45, 7) is 8.65. The average molecular weight is 332 g/mol. The molecule has 0 fully saturated rings. The number of aromatic nitrogens is 2. The first-order chi connectivity index (χ1) is 11.9. The van der Waals surface area contributed by atoms with Gasteiger partial charge in [0.05, 0.1) is 0 Å². The van der Waals surface area contributed by atoms with E-state index in [9.17, 15) is 0 Å². The maximum atomic E-state index is 6.14. The lowest BCUT2D eigenvalue weighted by Gasteiger charge is -2.28. The lowest BCUT2D eigenvalue weighted by molar-refractivity contribution is -0.654. The van der Waals surface area contributed by atoms with Gasteiger partial charge in [-0.25, -0.2) is 9.55 Å². The molecule has 0 aromatic carbocycles. The van der Waals surface area contributed by atoms with Crippen LogP contribution in [0.2, 0.25) is 0 Å². The Morgan fingerprint density at radius 3 is 2.64 bits per heavy atom. The van der Waals surface area contributed by atoms with E-state index in [1.54, 1.807) is 0 Å². The molecule has 0 amide bonds. The molecule has 0 aliphatic carbocycles. The van der Waals surface area contributed by atoms with E-state index in [1.165, 1.54) is 22.2 Å². The molecule has 4 heterocycles. The van der Waals surface area contributed by atoms with Crippen molar-refractivity contribution in [2.24, 2.45) is 7.05 Å². The zero-order chi connectivity index (χ0) is 17.9. The van der Waals surface area contributed by atoms with Crippen molar-refractivity contribution in [3.63, 3.8) is 0 Å². The summed E-state index contributed by atoms with van der Waals surface area (Å²) in [5, 5.41) is 1.08. The van der Waals surface area contributed by atoms with Crippen LogP contribution in [-0.4, -0.2) is 18.9 Å². The van der Waals surface area contributed by atoms with Gasteiger partial charge in [0, 0.05) is 28.3 Å². The number of hydrogen-bond acceptors (Lipinski definition) is 3. The summed E-state index contributed by atoms with van der Waals surface area (Å²) in [6.07, 6.45) is 4.45. The lowest BCUT2D eigenvalue weighted by Crippen LogP contribution is -2.62. The molecule has 0 radical (unpaired) electrons. The highest BCUT2D eigenvalue weighted by Gasteiger charge is 2.39. The van der Waals surface area contributed by atoms with Gasteiger partial charge in [-0.2, -0.15) is 0 Å². The zero-order valence-corrected chi connectivity index (χ0v) is 15.7. The third-order valence-electron chi connectivity index (χ3n) is 5.29. The van der Waals surface area contributed by atoms with Crippen molar-refractivity contribution in [1.82, 2.24) is 4.98 Å². The van der Waals surface area contributed by atoms with E-state index in [0.717, 1.165) is 22.5 Å². The Kier molecular flexibility index (Phi) is 3.49. The number of hydrogen-bond donors (Lipinski definition) is 0. The fourth-order valence-electron chi connectivity index (χ4n) is 3.82. The second kappa shape index (κ2) is 5.48. The number of allylic oxidation sites excluding steroid dienone is 1. The van der Waals surface area contributed by atoms with Gasteiger partial charge in [-0.1, -0.05) is 11.5 Å². The first kappa shape index (κ1) is 15.9. The van der Waals surface area contributed by atoms with Crippen molar-refractivity contribution in [1.29, 1.82) is 0 Å². The van der Waals surface area contributed by atoms with Crippen molar-refractivity contribution in [2.75, 3.05) is 11.9 Å². The molecule has 0 saturated heterocycles. The van der Waals surface area contributed by atoms with Crippen LogP contribution in [0.25, 0.3) is 17.2 Å². The highest BCUT2D eigenvalue weighted by atomic mass is 16.4. The minimum Gasteiger partial charge on any atom is -0.423 e. The van der Waals surface area contributed by atoms with E-state index in [1.807, 2.05) is 13.0 Å². The Balaban J connectivity index is 1.90. The molecule has 0 unspecified atom stereocenters. The molecule has 126 valence electrons. The van der Waals surface area contributed by atoms with E-state index in [2.05, 4.69) is 73.6 Å². The number of fused-ring (bicyclic) bond motifs is 3. The maximum absolute atomic E-state index is 6.14. The largest absolute Gasteiger partial charge is 0.423 e. The topological polar surface area (TPSA) is 33.2 Å². The van der Waals surface area contributed by atoms with Gasteiger partial charge >= 0.3 is 6.85 Å². The second-order valence-corrected chi connectivity index (χ2v) is 7.20. The molecule has 5 heteroatoms. The first-order valence-corrected chi connectivity index (χ1v) is 8.64. The van der Waals surface area contributed by atoms with Crippen LogP contribution in [0.1, 0.15) is 29.3 Å². The van der Waals surface area contributed by atoms with E-state index < -0.39 is 0 Å². The summed E-state index contributed by atoms with van der Waals surface area (Å²) in [6, 6.07) is 6.43. The molecule has 3 aromatic rings. The van der Waals surface area contributed by atoms with Crippen LogP contribution >= 0.6 is 0 Å². The molecule has 25 heavy (non-hydrogen) atoms. The summed E-state index contributed by atoms with van der Waals surface area (Å²) in [4.78, 5) is 6.78. The minimum absolute atomic E-state index is 0.151. The molecule has 1 aliphatic heterocycles. The molecule has 0 N–H and O–H groups in total. The fourth-order valence-corrected chi connectivity index (χ4v) is 3.82. The quantitative estimate of drug-likeness (QED) is 0.507. The Morgan fingerprint density at radius 1 is 1.12 bits per heavy atom. The minimum atomic E-state index is 0.151. The Bertz CT molecular complexity index is 1040. The number of nitrogens with zero attached hydrogens (tertiary/aromatic N) is 3. The normalized spacial score (nSPS) is 14.1. The zero-order valence-electron chi connectivity index (χ0n) is 15.7. The van der Waals surface area contributed by atoms with Crippen LogP contribution in [0.15, 0.2) is 34.3 Å². The van der Waals surface area contributed by atoms with Gasteiger partial charge in [-0.3, -0.25) is 0 Å². The highest BCUT2D eigenvalue weighted by molar-refractivity contribution is 6.82. The van der Waals surface area contributed by atoms with Gasteiger partial charge in [-0.05, 0) is 52.4 Å². The number of pyridine rings is 2. The summed E-state index contributed by atoms with van der Waals surface area (Å²) in [7, 11) is 4.21. The highest BCUT2D eigenvalue weighted by Crippen LogP contribution is 2.37. The van der Waals surface area contributed by atoms with Crippen LogP contribution in [-0.2, 0) is 7.05 Å². The van der Waals surface area contributed by atoms with Crippen LogP contribution in [0, 0.1) is 20.8 Å². The Labute approximate surface area is 148 Å². The molecule has 3 aromatic heterocycles. The van der Waals surface area contributed by atoms with Crippen molar-refractivity contribution < 1.29 is 8.98 Å². The summed E-state index contributed by atoms with van der Waals surface area (Å²) < 4.78 is 8.36. The summed E-state index contributed by atoms with van der Waals surface area (Å²) in [5.74, 6) is 0.891. The lowest BCUT2D eigenvalue weighted by atomic mass is 9.49. The average Bonchev–Trinajstić information content (AvgIpc) is 2.90. The molecular weight excluding hydrogens is 309 g/mol. The van der Waals surface area contributed by atoms with E-state index in [4.69, 9.17) is 4.42 Å². The fraction of sp³-hybridized carbons (Fsp3) is 0.300. The van der Waals surface area contributed by atoms with Crippen LogP contribution < -0.4 is 15.0 Å². The van der Waals surface area contributed by atoms with Crippen molar-refractivity contribution in [2.45, 2.75) is 27.7 Å². The van der Waals surface area contributed by atoms with E-state index in [0.29, 0.717) is 5.71 Å². The van der Waals surface area contributed by atoms with Gasteiger partial charge in [0.25, 0.3) is 0 Å². The molecule has 0 bridgehead atoms. The molecule has 0 atom stereocenters. The third kappa shape index (κ3) is 2.37. The second-order valence-electron chi connectivity index (χ2n) is 7.20. The summed E-state index contributed by atoms with van der Waals surface area (Å²) >= 11 is 0. The van der Waals surface area contributed by atoms with Crippen LogP contribution in [0.5, 0.6) is 0 Å². The summed E-state index contributed by atoms with van der Waals surface area (Å²) in [5.41, 5.74) is 7.99. The van der Waals surface area contributed by atoms with Crippen molar-refractivity contribution in [3.05, 3.63) is 52.3 Å². The van der Waals surface area contributed by atoms with Crippen molar-refractivity contribution in [3.8, 4) is 0 Å². The monoisotopic (exact) mass is 332 g/mol. The SMILES string of the molecule is CC1=Cc2c(oc3nc(C)ccc23)N(C)B1c1cc(C)c(C)c[n+]1C. The third-order valence-corrected chi connectivity index (χ3v) is 5.29. The maximum Gasteiger partial charge on any atom is 0.401 e. The predicted octanol–water partition coefficient (Wildman–Crippen LogP) is 2.87. The van der Waals surface area contributed by atoms with Gasteiger partial charge in [-0.15, -0.1) is 0 Å². The predicted molar refractivity (Wildman–Crippen MR) is 103 cm³/mol. The standard InChI is InChI=1S/C20H23BN3O/c1-12-9-18(23(5)11-13(12)2)21-14(3)10-17-16-8-7-15(4)22-19(16)25-20(17)24(21)6/h7-11H,1-6H3/q+1. The van der Waals surface area contributed by atoms with Gasteiger partial charge in [0.15, 0.2) is 17.7 Å². The van der Waals surface area contributed by atoms with Gasteiger partial charge < -0.3 is 9.23 Å². The number of rotatable bonds is 1. The molecule has 4 rings (SSSR count). The number of furan rings is 1. The number of anilines is 1. The molecule has 0 saturated carbocycles. The van der Waals surface area contributed by atoms with Crippen molar-refractivity contribution >= 4 is 35.5 Å². The van der Waals surface area contributed by atoms with Gasteiger partial charge in [0.1, 0.15) is 7.05 Å². The molecular formula is C20H23BN3O+. The van der Waals surface area contributed by atoms with E-state index in [-0.39, 0.29) is 6.85 Å². The smallest absolute Gasteiger partial charge is 0.401 e. The molecule has 1 aliphatic rings. The Morgan fingerprint density at radius 2 is 1.88 bits per heavy atom. The number of aryl methyl sites for hydroxylation is 4. The van der Waals surface area contributed by atoms with E-state index >= 15 is 0 Å².